The standard InChI is InChI=1S/C15H24FN3O/c1-12(14-5-4-13(16)10-17-14)18-11-15(2,3)19-6-8-20-9-7-19/h4-5,10,12,18H,6-9,11H2,1-3H3. The summed E-state index contributed by atoms with van der Waals surface area (Å²) in [7, 11) is 0. The molecule has 112 valence electrons. The molecule has 1 unspecified atom stereocenters. The fourth-order valence-corrected chi connectivity index (χ4v) is 2.43. The molecule has 1 aliphatic heterocycles. The second-order valence-corrected chi connectivity index (χ2v) is 5.92. The predicted octanol–water partition coefficient (Wildman–Crippen LogP) is 1.98. The van der Waals surface area contributed by atoms with Crippen LogP contribution in [0, 0.1) is 5.82 Å². The minimum atomic E-state index is -0.297. The number of ether oxygens (including phenoxy) is 1. The van der Waals surface area contributed by atoms with Crippen molar-refractivity contribution in [2.24, 2.45) is 0 Å². The average Bonchev–Trinajstić information content (AvgIpc) is 2.46. The van der Waals surface area contributed by atoms with Crippen molar-refractivity contribution in [1.82, 2.24) is 15.2 Å². The fraction of sp³-hybridized carbons (Fsp3) is 0.667. The Labute approximate surface area is 120 Å². The summed E-state index contributed by atoms with van der Waals surface area (Å²) in [5, 5.41) is 3.49. The van der Waals surface area contributed by atoms with Gasteiger partial charge >= 0.3 is 0 Å². The number of morpholine rings is 1. The first-order chi connectivity index (χ1) is 9.49. The van der Waals surface area contributed by atoms with Crippen LogP contribution in [0.2, 0.25) is 0 Å². The summed E-state index contributed by atoms with van der Waals surface area (Å²) in [5.74, 6) is -0.297. The lowest BCUT2D eigenvalue weighted by Crippen LogP contribution is -2.54. The Kier molecular flexibility index (Phi) is 5.07. The third-order valence-corrected chi connectivity index (χ3v) is 3.90. The topological polar surface area (TPSA) is 37.4 Å². The zero-order valence-corrected chi connectivity index (χ0v) is 12.5. The van der Waals surface area contributed by atoms with E-state index < -0.39 is 0 Å². The molecular formula is C15H24FN3O. The molecule has 0 bridgehead atoms. The van der Waals surface area contributed by atoms with Crippen molar-refractivity contribution in [2.75, 3.05) is 32.8 Å². The van der Waals surface area contributed by atoms with Gasteiger partial charge in [0.25, 0.3) is 0 Å². The first-order valence-corrected chi connectivity index (χ1v) is 7.17. The van der Waals surface area contributed by atoms with Crippen molar-refractivity contribution in [3.05, 3.63) is 29.8 Å². The SMILES string of the molecule is CC(NCC(C)(C)N1CCOCC1)c1ccc(F)cn1. The van der Waals surface area contributed by atoms with Crippen LogP contribution >= 0.6 is 0 Å². The number of nitrogens with zero attached hydrogens (tertiary/aromatic N) is 2. The van der Waals surface area contributed by atoms with E-state index in [1.165, 1.54) is 12.3 Å². The molecule has 1 aromatic rings. The maximum atomic E-state index is 12.9. The van der Waals surface area contributed by atoms with Crippen molar-refractivity contribution in [3.63, 3.8) is 0 Å². The highest BCUT2D eigenvalue weighted by atomic mass is 19.1. The van der Waals surface area contributed by atoms with Crippen molar-refractivity contribution in [3.8, 4) is 0 Å². The molecule has 1 N–H and O–H groups in total. The normalized spacial score (nSPS) is 19.0. The van der Waals surface area contributed by atoms with Gasteiger partial charge in [0.2, 0.25) is 0 Å². The highest BCUT2D eigenvalue weighted by Crippen LogP contribution is 2.17. The van der Waals surface area contributed by atoms with Crippen LogP contribution in [0.15, 0.2) is 18.3 Å². The largest absolute Gasteiger partial charge is 0.379 e. The predicted molar refractivity (Wildman–Crippen MR) is 77.1 cm³/mol. The number of nitrogens with one attached hydrogen (secondary N) is 1. The second-order valence-electron chi connectivity index (χ2n) is 5.92. The Hall–Kier alpha value is -1.04. The van der Waals surface area contributed by atoms with Crippen LogP contribution in [0.5, 0.6) is 0 Å². The number of rotatable bonds is 5. The van der Waals surface area contributed by atoms with Gasteiger partial charge in [-0.25, -0.2) is 4.39 Å². The molecule has 0 aliphatic carbocycles. The molecule has 0 amide bonds. The van der Waals surface area contributed by atoms with Crippen LogP contribution in [0.4, 0.5) is 4.39 Å². The molecule has 0 spiro atoms. The molecule has 2 rings (SSSR count). The molecule has 0 saturated carbocycles. The van der Waals surface area contributed by atoms with Crippen LogP contribution in [-0.2, 0) is 4.74 Å². The van der Waals surface area contributed by atoms with Gasteiger partial charge in [0, 0.05) is 31.2 Å². The summed E-state index contributed by atoms with van der Waals surface area (Å²) >= 11 is 0. The maximum Gasteiger partial charge on any atom is 0.141 e. The Bertz CT molecular complexity index is 416. The highest BCUT2D eigenvalue weighted by molar-refractivity contribution is 5.09. The van der Waals surface area contributed by atoms with Crippen LogP contribution in [0.25, 0.3) is 0 Å². The Morgan fingerprint density at radius 2 is 2.10 bits per heavy atom. The zero-order valence-electron chi connectivity index (χ0n) is 12.5. The molecule has 1 aliphatic rings. The third-order valence-electron chi connectivity index (χ3n) is 3.90. The minimum absolute atomic E-state index is 0.0675. The third kappa shape index (κ3) is 3.98. The Balaban J connectivity index is 1.88. The van der Waals surface area contributed by atoms with Crippen LogP contribution in [0.1, 0.15) is 32.5 Å². The fourth-order valence-electron chi connectivity index (χ4n) is 2.43. The lowest BCUT2D eigenvalue weighted by molar-refractivity contribution is -0.0102. The molecule has 5 heteroatoms. The van der Waals surface area contributed by atoms with Crippen molar-refractivity contribution in [2.45, 2.75) is 32.4 Å². The molecule has 0 aromatic carbocycles. The van der Waals surface area contributed by atoms with E-state index >= 15 is 0 Å². The molecule has 1 aromatic heterocycles. The molecule has 4 nitrogen and oxygen atoms in total. The monoisotopic (exact) mass is 281 g/mol. The van der Waals surface area contributed by atoms with Crippen molar-refractivity contribution >= 4 is 0 Å². The Morgan fingerprint density at radius 3 is 2.70 bits per heavy atom. The summed E-state index contributed by atoms with van der Waals surface area (Å²) in [6, 6.07) is 3.29. The van der Waals surface area contributed by atoms with Crippen LogP contribution in [-0.4, -0.2) is 48.3 Å². The Morgan fingerprint density at radius 1 is 1.40 bits per heavy atom. The lowest BCUT2D eigenvalue weighted by atomic mass is 10.0. The average molecular weight is 281 g/mol. The number of hydrogen-bond acceptors (Lipinski definition) is 4. The van der Waals surface area contributed by atoms with E-state index in [1.54, 1.807) is 6.07 Å². The van der Waals surface area contributed by atoms with E-state index in [9.17, 15) is 4.39 Å². The molecule has 1 saturated heterocycles. The first-order valence-electron chi connectivity index (χ1n) is 7.17. The minimum Gasteiger partial charge on any atom is -0.379 e. The van der Waals surface area contributed by atoms with Gasteiger partial charge in [-0.15, -0.1) is 0 Å². The molecular weight excluding hydrogens is 257 g/mol. The zero-order chi connectivity index (χ0) is 14.6. The summed E-state index contributed by atoms with van der Waals surface area (Å²) in [5.41, 5.74) is 0.933. The smallest absolute Gasteiger partial charge is 0.141 e. The van der Waals surface area contributed by atoms with Crippen LogP contribution in [0.3, 0.4) is 0 Å². The van der Waals surface area contributed by atoms with Gasteiger partial charge in [-0.1, -0.05) is 0 Å². The summed E-state index contributed by atoms with van der Waals surface area (Å²) in [6.45, 7) is 10.9. The molecule has 20 heavy (non-hydrogen) atoms. The number of hydrogen-bond donors (Lipinski definition) is 1. The number of halogens is 1. The maximum absolute atomic E-state index is 12.9. The van der Waals surface area contributed by atoms with Crippen LogP contribution < -0.4 is 5.32 Å². The van der Waals surface area contributed by atoms with E-state index in [0.29, 0.717) is 0 Å². The van der Waals surface area contributed by atoms with E-state index in [4.69, 9.17) is 4.74 Å². The summed E-state index contributed by atoms with van der Waals surface area (Å²) < 4.78 is 18.3. The van der Waals surface area contributed by atoms with E-state index in [2.05, 4.69) is 36.0 Å². The lowest BCUT2D eigenvalue weighted by Gasteiger charge is -2.41. The van der Waals surface area contributed by atoms with Gasteiger partial charge < -0.3 is 10.1 Å². The molecule has 0 radical (unpaired) electrons. The van der Waals surface area contributed by atoms with E-state index in [-0.39, 0.29) is 17.4 Å². The number of pyridine rings is 1. The summed E-state index contributed by atoms with van der Waals surface area (Å²) in [6.07, 6.45) is 1.26. The van der Waals surface area contributed by atoms with Gasteiger partial charge in [-0.05, 0) is 32.9 Å². The highest BCUT2D eigenvalue weighted by Gasteiger charge is 2.28. The summed E-state index contributed by atoms with van der Waals surface area (Å²) in [4.78, 5) is 6.56. The van der Waals surface area contributed by atoms with Gasteiger partial charge in [-0.2, -0.15) is 0 Å². The number of aromatic nitrogens is 1. The van der Waals surface area contributed by atoms with Crippen molar-refractivity contribution in [1.29, 1.82) is 0 Å². The molecule has 1 atom stereocenters. The van der Waals surface area contributed by atoms with Gasteiger partial charge in [0.15, 0.2) is 0 Å². The van der Waals surface area contributed by atoms with E-state index in [0.717, 1.165) is 38.5 Å². The van der Waals surface area contributed by atoms with Crippen molar-refractivity contribution < 1.29 is 9.13 Å². The van der Waals surface area contributed by atoms with Gasteiger partial charge in [0.1, 0.15) is 5.82 Å². The molecule has 1 fully saturated rings. The quantitative estimate of drug-likeness (QED) is 0.895. The van der Waals surface area contributed by atoms with E-state index in [1.807, 2.05) is 0 Å². The van der Waals surface area contributed by atoms with Gasteiger partial charge in [0.05, 0.1) is 25.1 Å². The van der Waals surface area contributed by atoms with Gasteiger partial charge in [-0.3, -0.25) is 9.88 Å². The second kappa shape index (κ2) is 6.61. The first kappa shape index (κ1) is 15.4. The molecule has 2 heterocycles.